The Hall–Kier alpha value is -1.93. The molecule has 0 unspecified atom stereocenters. The highest BCUT2D eigenvalue weighted by molar-refractivity contribution is 7.98. The van der Waals surface area contributed by atoms with E-state index in [1.165, 1.54) is 18.4 Å². The van der Waals surface area contributed by atoms with Crippen LogP contribution in [0.25, 0.3) is 10.2 Å². The zero-order chi connectivity index (χ0) is 17.4. The van der Waals surface area contributed by atoms with Crippen molar-refractivity contribution < 1.29 is 14.1 Å². The number of ether oxygens (including phenoxy) is 1. The van der Waals surface area contributed by atoms with Gasteiger partial charge in [-0.15, -0.1) is 23.1 Å². The fourth-order valence-electron chi connectivity index (χ4n) is 2.44. The highest BCUT2D eigenvalue weighted by atomic mass is 32.2. The zero-order valence-electron chi connectivity index (χ0n) is 14.1. The van der Waals surface area contributed by atoms with Gasteiger partial charge in [0.1, 0.15) is 26.3 Å². The highest BCUT2D eigenvalue weighted by Gasteiger charge is 2.21. The fraction of sp³-hybridized carbons (Fsp3) is 0.375. The molecule has 0 atom stereocenters. The molecule has 0 aliphatic heterocycles. The van der Waals surface area contributed by atoms with E-state index in [2.05, 4.69) is 15.1 Å². The molecule has 3 heterocycles. The van der Waals surface area contributed by atoms with Crippen molar-refractivity contribution in [3.63, 3.8) is 0 Å². The molecule has 0 amide bonds. The van der Waals surface area contributed by atoms with Crippen LogP contribution in [0.3, 0.4) is 0 Å². The average molecular weight is 363 g/mol. The van der Waals surface area contributed by atoms with Crippen LogP contribution in [-0.4, -0.2) is 28.2 Å². The number of thioether (sulfide) groups is 1. The van der Waals surface area contributed by atoms with Gasteiger partial charge in [0.05, 0.1) is 12.8 Å². The van der Waals surface area contributed by atoms with Gasteiger partial charge in [-0.25, -0.2) is 14.8 Å². The fourth-order valence-corrected chi connectivity index (χ4v) is 4.94. The number of aryl methyl sites for hydroxylation is 4. The van der Waals surface area contributed by atoms with E-state index >= 15 is 0 Å². The number of carbonyl (C=O) groups excluding carboxylic acids is 1. The van der Waals surface area contributed by atoms with Gasteiger partial charge in [0, 0.05) is 16.7 Å². The Labute approximate surface area is 147 Å². The summed E-state index contributed by atoms with van der Waals surface area (Å²) in [6, 6.07) is 0. The lowest BCUT2D eigenvalue weighted by Gasteiger charge is -2.05. The second-order valence-electron chi connectivity index (χ2n) is 5.40. The van der Waals surface area contributed by atoms with E-state index in [9.17, 15) is 4.79 Å². The topological polar surface area (TPSA) is 78.1 Å². The van der Waals surface area contributed by atoms with E-state index in [0.717, 1.165) is 37.8 Å². The summed E-state index contributed by atoms with van der Waals surface area (Å²) >= 11 is 2.95. The van der Waals surface area contributed by atoms with Gasteiger partial charge in [-0.3, -0.25) is 0 Å². The third-order valence-electron chi connectivity index (χ3n) is 3.77. The van der Waals surface area contributed by atoms with E-state index < -0.39 is 0 Å². The number of aromatic nitrogens is 3. The van der Waals surface area contributed by atoms with E-state index in [4.69, 9.17) is 9.26 Å². The quantitative estimate of drug-likeness (QED) is 0.394. The first-order chi connectivity index (χ1) is 11.4. The Morgan fingerprint density at radius 2 is 2.00 bits per heavy atom. The number of thiophene rings is 1. The van der Waals surface area contributed by atoms with E-state index in [1.807, 2.05) is 27.7 Å². The Bertz CT molecular complexity index is 911. The number of methoxy groups -OCH3 is 1. The Morgan fingerprint density at radius 3 is 2.62 bits per heavy atom. The minimum absolute atomic E-state index is 0.338. The van der Waals surface area contributed by atoms with Crippen molar-refractivity contribution in [3.8, 4) is 0 Å². The maximum absolute atomic E-state index is 11.9. The molecule has 0 radical (unpaired) electrons. The molecule has 0 aliphatic carbocycles. The number of esters is 1. The van der Waals surface area contributed by atoms with Crippen LogP contribution in [-0.2, 0) is 10.5 Å². The van der Waals surface area contributed by atoms with Crippen LogP contribution in [0.1, 0.15) is 38.1 Å². The van der Waals surface area contributed by atoms with Gasteiger partial charge >= 0.3 is 5.97 Å². The highest BCUT2D eigenvalue weighted by Crippen LogP contribution is 2.37. The lowest BCUT2D eigenvalue weighted by atomic mass is 10.2. The van der Waals surface area contributed by atoms with Crippen LogP contribution in [0.2, 0.25) is 0 Å². The predicted octanol–water partition coefficient (Wildman–Crippen LogP) is 3.99. The summed E-state index contributed by atoms with van der Waals surface area (Å²) < 4.78 is 10.1. The average Bonchev–Trinajstić information content (AvgIpc) is 3.04. The number of hydrogen-bond donors (Lipinski definition) is 0. The molecule has 0 N–H and O–H groups in total. The summed E-state index contributed by atoms with van der Waals surface area (Å²) in [7, 11) is 1.39. The van der Waals surface area contributed by atoms with Crippen molar-refractivity contribution in [2.45, 2.75) is 38.5 Å². The van der Waals surface area contributed by atoms with Crippen molar-refractivity contribution in [3.05, 3.63) is 33.3 Å². The Kier molecular flexibility index (Phi) is 4.60. The van der Waals surface area contributed by atoms with Crippen LogP contribution in [0.5, 0.6) is 0 Å². The molecule has 24 heavy (non-hydrogen) atoms. The smallest absolute Gasteiger partial charge is 0.348 e. The first-order valence-corrected chi connectivity index (χ1v) is 9.13. The number of nitrogens with zero attached hydrogens (tertiary/aromatic N) is 3. The van der Waals surface area contributed by atoms with Crippen molar-refractivity contribution in [2.75, 3.05) is 7.11 Å². The molecule has 8 heteroatoms. The van der Waals surface area contributed by atoms with Crippen molar-refractivity contribution in [1.82, 2.24) is 15.1 Å². The molecule has 0 bridgehead atoms. The van der Waals surface area contributed by atoms with Crippen LogP contribution in [0, 0.1) is 27.7 Å². The summed E-state index contributed by atoms with van der Waals surface area (Å²) in [6.45, 7) is 7.59. The van der Waals surface area contributed by atoms with Crippen LogP contribution < -0.4 is 0 Å². The Morgan fingerprint density at radius 1 is 1.25 bits per heavy atom. The van der Waals surface area contributed by atoms with Crippen molar-refractivity contribution in [1.29, 1.82) is 0 Å². The summed E-state index contributed by atoms with van der Waals surface area (Å²) in [4.78, 5) is 22.4. The number of fused-ring (bicyclic) bond motifs is 1. The van der Waals surface area contributed by atoms with Crippen molar-refractivity contribution in [2.24, 2.45) is 0 Å². The number of carbonyl (C=O) groups is 1. The third-order valence-corrected chi connectivity index (χ3v) is 5.94. The largest absolute Gasteiger partial charge is 0.465 e. The molecule has 0 aromatic carbocycles. The second-order valence-corrected chi connectivity index (χ2v) is 7.36. The molecular formula is C16H17N3O3S2. The van der Waals surface area contributed by atoms with Crippen LogP contribution in [0.4, 0.5) is 0 Å². The normalized spacial score (nSPS) is 11.2. The molecule has 0 saturated heterocycles. The zero-order valence-corrected chi connectivity index (χ0v) is 15.7. The molecular weight excluding hydrogens is 346 g/mol. The molecule has 126 valence electrons. The molecule has 3 rings (SSSR count). The van der Waals surface area contributed by atoms with Gasteiger partial charge in [-0.1, -0.05) is 5.16 Å². The van der Waals surface area contributed by atoms with Gasteiger partial charge < -0.3 is 9.26 Å². The maximum Gasteiger partial charge on any atom is 0.348 e. The minimum atomic E-state index is -0.338. The predicted molar refractivity (Wildman–Crippen MR) is 93.8 cm³/mol. The van der Waals surface area contributed by atoms with Gasteiger partial charge in [0.25, 0.3) is 0 Å². The number of hydrogen-bond acceptors (Lipinski definition) is 8. The summed E-state index contributed by atoms with van der Waals surface area (Å²) in [5.41, 5.74) is 2.83. The molecule has 0 spiro atoms. The van der Waals surface area contributed by atoms with Gasteiger partial charge in [-0.05, 0) is 33.3 Å². The molecule has 6 nitrogen and oxygen atoms in total. The van der Waals surface area contributed by atoms with Crippen LogP contribution in [0.15, 0.2) is 9.55 Å². The van der Waals surface area contributed by atoms with Gasteiger partial charge in [0.2, 0.25) is 0 Å². The lowest BCUT2D eigenvalue weighted by molar-refractivity contribution is 0.0605. The summed E-state index contributed by atoms with van der Waals surface area (Å²) in [6.07, 6.45) is 0. The first-order valence-electron chi connectivity index (χ1n) is 7.33. The Balaban J connectivity index is 2.04. The standard InChI is InChI=1S/C16H17N3O3S2/c1-7-12-14(23-6-11-8(2)19-22-9(11)3)17-10(4)18-15(12)24-13(7)16(20)21-5/h6H2,1-5H3. The molecule has 0 aliphatic rings. The monoisotopic (exact) mass is 363 g/mol. The van der Waals surface area contributed by atoms with E-state index in [-0.39, 0.29) is 5.97 Å². The van der Waals surface area contributed by atoms with Gasteiger partial charge in [0.15, 0.2) is 0 Å². The SMILES string of the molecule is COC(=O)c1sc2nc(C)nc(SCc3c(C)noc3C)c2c1C. The van der Waals surface area contributed by atoms with Crippen LogP contribution >= 0.6 is 23.1 Å². The lowest BCUT2D eigenvalue weighted by Crippen LogP contribution is -1.99. The molecule has 0 saturated carbocycles. The van der Waals surface area contributed by atoms with E-state index in [1.54, 1.807) is 11.8 Å². The summed E-state index contributed by atoms with van der Waals surface area (Å²) in [5, 5.41) is 5.77. The van der Waals surface area contributed by atoms with E-state index in [0.29, 0.717) is 16.5 Å². The molecule has 0 fully saturated rings. The third kappa shape index (κ3) is 2.91. The summed E-state index contributed by atoms with van der Waals surface area (Å²) in [5.74, 6) is 1.87. The van der Waals surface area contributed by atoms with Gasteiger partial charge in [-0.2, -0.15) is 0 Å². The van der Waals surface area contributed by atoms with Crippen molar-refractivity contribution >= 4 is 39.3 Å². The second kappa shape index (κ2) is 6.52. The first kappa shape index (κ1) is 16.9. The maximum atomic E-state index is 11.9. The molecule has 3 aromatic heterocycles. The molecule has 3 aromatic rings. The minimum Gasteiger partial charge on any atom is -0.465 e. The number of rotatable bonds is 4.